The van der Waals surface area contributed by atoms with Gasteiger partial charge in [0.05, 0.1) is 0 Å². The Morgan fingerprint density at radius 2 is 1.61 bits per heavy atom. The number of nitrogens with zero attached hydrogens (tertiary/aromatic N) is 2. The molecule has 2 heterocycles. The molecule has 5 rings (SSSR count). The van der Waals surface area contributed by atoms with Crippen molar-refractivity contribution in [2.75, 3.05) is 26.2 Å². The highest BCUT2D eigenvalue weighted by atomic mass is 35.5. The third kappa shape index (κ3) is 5.34. The number of fused-ring (bicyclic) bond motifs is 1. The van der Waals surface area contributed by atoms with Crippen LogP contribution in [0.4, 0.5) is 8.78 Å². The normalized spacial score (nSPS) is 14.8. The zero-order valence-corrected chi connectivity index (χ0v) is 18.9. The summed E-state index contributed by atoms with van der Waals surface area (Å²) in [6.45, 7) is 3.53. The summed E-state index contributed by atoms with van der Waals surface area (Å²) < 4.78 is 37.6. The van der Waals surface area contributed by atoms with Gasteiger partial charge in [0, 0.05) is 23.6 Å². The van der Waals surface area contributed by atoms with Gasteiger partial charge in [-0.15, -0.1) is 12.4 Å². The van der Waals surface area contributed by atoms with Gasteiger partial charge < -0.3 is 9.26 Å². The van der Waals surface area contributed by atoms with Gasteiger partial charge in [0.2, 0.25) is 0 Å². The van der Waals surface area contributed by atoms with Crippen LogP contribution >= 0.6 is 12.4 Å². The second-order valence-corrected chi connectivity index (χ2v) is 8.21. The van der Waals surface area contributed by atoms with Crippen molar-refractivity contribution in [1.29, 1.82) is 0 Å². The van der Waals surface area contributed by atoms with Crippen LogP contribution in [0.25, 0.3) is 22.2 Å². The summed E-state index contributed by atoms with van der Waals surface area (Å²) in [6, 6.07) is 19.0. The second-order valence-electron chi connectivity index (χ2n) is 8.21. The lowest BCUT2D eigenvalue weighted by Crippen LogP contribution is -2.35. The zero-order valence-electron chi connectivity index (χ0n) is 18.0. The van der Waals surface area contributed by atoms with Gasteiger partial charge in [-0.05, 0) is 85.9 Å². The maximum atomic E-state index is 13.3. The van der Waals surface area contributed by atoms with Gasteiger partial charge in [0.1, 0.15) is 29.7 Å². The first-order valence-electron chi connectivity index (χ1n) is 10.9. The van der Waals surface area contributed by atoms with E-state index in [4.69, 9.17) is 9.26 Å². The molecule has 0 bridgehead atoms. The molecule has 0 N–H and O–H groups in total. The topological polar surface area (TPSA) is 38.5 Å². The lowest BCUT2D eigenvalue weighted by molar-refractivity contribution is 0.173. The Labute approximate surface area is 197 Å². The van der Waals surface area contributed by atoms with E-state index in [-0.39, 0.29) is 24.0 Å². The number of halogens is 3. The number of aromatic nitrogens is 1. The molecule has 1 aromatic heterocycles. The third-order valence-corrected chi connectivity index (χ3v) is 6.17. The summed E-state index contributed by atoms with van der Waals surface area (Å²) in [5.74, 6) is 0.781. The Hall–Kier alpha value is -2.96. The number of hydrogen-bond acceptors (Lipinski definition) is 4. The van der Waals surface area contributed by atoms with Gasteiger partial charge >= 0.3 is 0 Å². The summed E-state index contributed by atoms with van der Waals surface area (Å²) >= 11 is 0. The molecule has 0 atom stereocenters. The van der Waals surface area contributed by atoms with Crippen molar-refractivity contribution < 1.29 is 18.0 Å². The lowest BCUT2D eigenvalue weighted by Gasteiger charge is -2.32. The number of ether oxygens (including phenoxy) is 1. The molecule has 1 fully saturated rings. The minimum absolute atomic E-state index is 0. The van der Waals surface area contributed by atoms with Crippen molar-refractivity contribution in [3.63, 3.8) is 0 Å². The average molecular weight is 471 g/mol. The Bertz CT molecular complexity index is 1190. The predicted molar refractivity (Wildman–Crippen MR) is 127 cm³/mol. The van der Waals surface area contributed by atoms with E-state index in [0.717, 1.165) is 49.2 Å². The molecule has 172 valence electrons. The van der Waals surface area contributed by atoms with Crippen LogP contribution in [0.2, 0.25) is 0 Å². The van der Waals surface area contributed by atoms with E-state index >= 15 is 0 Å². The lowest BCUT2D eigenvalue weighted by atomic mass is 9.89. The number of benzene rings is 3. The molecule has 7 heteroatoms. The van der Waals surface area contributed by atoms with Crippen LogP contribution in [0.1, 0.15) is 24.3 Å². The molecule has 4 aromatic rings. The van der Waals surface area contributed by atoms with E-state index in [1.807, 2.05) is 36.4 Å². The number of hydrogen-bond donors (Lipinski definition) is 0. The highest BCUT2D eigenvalue weighted by molar-refractivity contribution is 5.91. The fourth-order valence-corrected chi connectivity index (χ4v) is 4.35. The van der Waals surface area contributed by atoms with Crippen LogP contribution in [-0.4, -0.2) is 36.3 Å². The molecule has 33 heavy (non-hydrogen) atoms. The highest BCUT2D eigenvalue weighted by Gasteiger charge is 2.20. The monoisotopic (exact) mass is 470 g/mol. The summed E-state index contributed by atoms with van der Waals surface area (Å²) in [6.07, 6.45) is 2.16. The van der Waals surface area contributed by atoms with Gasteiger partial charge in [-0.2, -0.15) is 0 Å². The van der Waals surface area contributed by atoms with Gasteiger partial charge in [0.15, 0.2) is 5.58 Å². The Morgan fingerprint density at radius 3 is 2.33 bits per heavy atom. The first kappa shape index (κ1) is 23.2. The summed E-state index contributed by atoms with van der Waals surface area (Å²) in [5, 5.41) is 4.87. The van der Waals surface area contributed by atoms with Gasteiger partial charge in [-0.25, -0.2) is 8.78 Å². The van der Waals surface area contributed by atoms with Crippen LogP contribution in [0.5, 0.6) is 5.75 Å². The van der Waals surface area contributed by atoms with E-state index in [1.54, 1.807) is 18.2 Å². The van der Waals surface area contributed by atoms with Crippen LogP contribution in [0.15, 0.2) is 71.3 Å². The second kappa shape index (κ2) is 10.3. The summed E-state index contributed by atoms with van der Waals surface area (Å²) in [4.78, 5) is 2.41. The Balaban J connectivity index is 0.00000259. The number of rotatable bonds is 6. The summed E-state index contributed by atoms with van der Waals surface area (Å²) in [5.41, 5.74) is 3.25. The minimum atomic E-state index is -0.344. The van der Waals surface area contributed by atoms with Gasteiger partial charge in [-0.3, -0.25) is 4.90 Å². The van der Waals surface area contributed by atoms with Crippen molar-refractivity contribution in [2.45, 2.75) is 18.8 Å². The molecule has 0 saturated carbocycles. The molecule has 0 aliphatic carbocycles. The predicted octanol–water partition coefficient (Wildman–Crippen LogP) is 6.45. The maximum Gasteiger partial charge on any atom is 0.170 e. The molecule has 1 aliphatic rings. The van der Waals surface area contributed by atoms with Crippen LogP contribution in [0.3, 0.4) is 0 Å². The molecule has 1 saturated heterocycles. The maximum absolute atomic E-state index is 13.3. The van der Waals surface area contributed by atoms with Crippen molar-refractivity contribution >= 4 is 23.4 Å². The molecule has 3 aromatic carbocycles. The van der Waals surface area contributed by atoms with Crippen molar-refractivity contribution in [1.82, 2.24) is 10.1 Å². The molecular formula is C26H25ClF2N2O2. The van der Waals surface area contributed by atoms with E-state index in [9.17, 15) is 8.78 Å². The molecule has 0 unspecified atom stereocenters. The summed E-state index contributed by atoms with van der Waals surface area (Å²) in [7, 11) is 0. The van der Waals surface area contributed by atoms with E-state index < -0.39 is 0 Å². The van der Waals surface area contributed by atoms with Crippen molar-refractivity contribution in [2.24, 2.45) is 0 Å². The van der Waals surface area contributed by atoms with E-state index in [1.165, 1.54) is 17.7 Å². The van der Waals surface area contributed by atoms with Crippen molar-refractivity contribution in [3.05, 3.63) is 83.9 Å². The van der Waals surface area contributed by atoms with Crippen LogP contribution in [0, 0.1) is 11.6 Å². The molecule has 0 radical (unpaired) electrons. The third-order valence-electron chi connectivity index (χ3n) is 6.17. The first-order chi connectivity index (χ1) is 15.7. The average Bonchev–Trinajstić information content (AvgIpc) is 3.24. The fourth-order valence-electron chi connectivity index (χ4n) is 4.35. The molecule has 1 aliphatic heterocycles. The fraction of sp³-hybridized carbons (Fsp3) is 0.269. The quantitative estimate of drug-likeness (QED) is 0.324. The number of likely N-dealkylation sites (tertiary alicyclic amines) is 1. The molecule has 0 spiro atoms. The first-order valence-corrected chi connectivity index (χ1v) is 10.9. The molecule has 4 nitrogen and oxygen atoms in total. The molecule has 0 amide bonds. The van der Waals surface area contributed by atoms with Crippen LogP contribution < -0.4 is 4.74 Å². The highest BCUT2D eigenvalue weighted by Crippen LogP contribution is 2.30. The van der Waals surface area contributed by atoms with Crippen molar-refractivity contribution in [3.8, 4) is 17.0 Å². The van der Waals surface area contributed by atoms with Crippen LogP contribution in [-0.2, 0) is 0 Å². The largest absolute Gasteiger partial charge is 0.492 e. The minimum Gasteiger partial charge on any atom is -0.492 e. The van der Waals surface area contributed by atoms with Gasteiger partial charge in [0.25, 0.3) is 0 Å². The Morgan fingerprint density at radius 1 is 0.909 bits per heavy atom. The smallest absolute Gasteiger partial charge is 0.170 e. The molecular weight excluding hydrogens is 446 g/mol. The number of piperidine rings is 1. The standard InChI is InChI=1S/C26H24F2N2O2.ClH/c27-21-5-1-18(2-6-21)19-11-13-30(14-12-19)15-16-31-23-8-3-20(4-9-23)26-24-10-7-22(28)17-25(24)32-29-26;/h1-10,17,19H,11-16H2;1H. The van der Waals surface area contributed by atoms with E-state index in [0.29, 0.717) is 23.8 Å². The van der Waals surface area contributed by atoms with E-state index in [2.05, 4.69) is 10.1 Å². The SMILES string of the molecule is Cl.Fc1ccc(C2CCN(CCOc3ccc(-c4noc5cc(F)ccc45)cc3)CC2)cc1. The Kier molecular flexibility index (Phi) is 7.26. The van der Waals surface area contributed by atoms with Gasteiger partial charge in [-0.1, -0.05) is 17.3 Å². The zero-order chi connectivity index (χ0) is 21.9.